The van der Waals surface area contributed by atoms with Crippen molar-refractivity contribution < 1.29 is 19.0 Å². The molecule has 1 atom stereocenters. The average Bonchev–Trinajstić information content (AvgIpc) is 3.49. The van der Waals surface area contributed by atoms with Crippen LogP contribution in [0, 0.1) is 0 Å². The van der Waals surface area contributed by atoms with Crippen LogP contribution in [0.3, 0.4) is 0 Å². The van der Waals surface area contributed by atoms with Crippen LogP contribution >= 0.6 is 0 Å². The van der Waals surface area contributed by atoms with Crippen LogP contribution < -0.4 is 14.2 Å². The largest absolute Gasteiger partial charge is 0.497 e. The average molecular weight is 409 g/mol. The second-order valence-electron chi connectivity index (χ2n) is 6.89. The molecule has 3 aromatic rings. The van der Waals surface area contributed by atoms with Gasteiger partial charge in [-0.2, -0.15) is 0 Å². The van der Waals surface area contributed by atoms with Crippen molar-refractivity contribution in [2.45, 2.75) is 18.9 Å². The zero-order valence-corrected chi connectivity index (χ0v) is 16.9. The van der Waals surface area contributed by atoms with Gasteiger partial charge in [0.2, 0.25) is 0 Å². The Morgan fingerprint density at radius 3 is 2.80 bits per heavy atom. The van der Waals surface area contributed by atoms with Gasteiger partial charge in [0, 0.05) is 18.2 Å². The second kappa shape index (κ2) is 8.81. The third kappa shape index (κ3) is 4.05. The smallest absolute Gasteiger partial charge is 0.261 e. The van der Waals surface area contributed by atoms with Crippen molar-refractivity contribution in [1.82, 2.24) is 25.1 Å². The molecule has 0 radical (unpaired) electrons. The number of carbonyl (C=O) groups excluding carboxylic acids is 1. The second-order valence-corrected chi connectivity index (χ2v) is 6.89. The summed E-state index contributed by atoms with van der Waals surface area (Å²) in [5, 5.41) is 11.1. The first-order valence-corrected chi connectivity index (χ1v) is 9.67. The molecule has 0 N–H and O–H groups in total. The molecular formula is C21H23N5O4. The van der Waals surface area contributed by atoms with Gasteiger partial charge in [0.05, 0.1) is 25.9 Å². The monoisotopic (exact) mass is 409 g/mol. The van der Waals surface area contributed by atoms with E-state index < -0.39 is 0 Å². The molecule has 2 aromatic carbocycles. The van der Waals surface area contributed by atoms with Crippen molar-refractivity contribution in [3.05, 3.63) is 54.4 Å². The van der Waals surface area contributed by atoms with Gasteiger partial charge in [-0.05, 0) is 53.6 Å². The molecule has 2 heterocycles. The Kier molecular flexibility index (Phi) is 5.78. The minimum absolute atomic E-state index is 0.0537. The van der Waals surface area contributed by atoms with Crippen LogP contribution in [0.15, 0.2) is 48.8 Å². The first kappa shape index (κ1) is 19.7. The molecule has 4 rings (SSSR count). The van der Waals surface area contributed by atoms with E-state index in [0.717, 1.165) is 35.6 Å². The first-order chi connectivity index (χ1) is 14.7. The summed E-state index contributed by atoms with van der Waals surface area (Å²) in [5.74, 6) is 1.98. The first-order valence-electron chi connectivity index (χ1n) is 9.67. The summed E-state index contributed by atoms with van der Waals surface area (Å²) in [5.41, 5.74) is 1.70. The van der Waals surface area contributed by atoms with Gasteiger partial charge in [0.15, 0.2) is 6.61 Å². The highest BCUT2D eigenvalue weighted by Gasteiger charge is 2.32. The van der Waals surface area contributed by atoms with E-state index in [0.29, 0.717) is 12.3 Å². The molecule has 0 bridgehead atoms. The highest BCUT2D eigenvalue weighted by molar-refractivity contribution is 5.78. The maximum Gasteiger partial charge on any atom is 0.261 e. The van der Waals surface area contributed by atoms with E-state index in [1.807, 2.05) is 35.2 Å². The molecular weight excluding hydrogens is 386 g/mol. The summed E-state index contributed by atoms with van der Waals surface area (Å²) in [6, 6.07) is 12.9. The quantitative estimate of drug-likeness (QED) is 0.592. The Morgan fingerprint density at radius 2 is 2.03 bits per heavy atom. The van der Waals surface area contributed by atoms with Crippen LogP contribution in [-0.4, -0.2) is 58.4 Å². The number of hydrogen-bond donors (Lipinski definition) is 0. The zero-order chi connectivity index (χ0) is 20.9. The number of carbonyl (C=O) groups is 1. The summed E-state index contributed by atoms with van der Waals surface area (Å²) in [6.45, 7) is 0.625. The maximum absolute atomic E-state index is 13.0. The third-order valence-corrected chi connectivity index (χ3v) is 5.16. The molecule has 0 saturated carbocycles. The topological polar surface area (TPSA) is 91.6 Å². The minimum Gasteiger partial charge on any atom is -0.497 e. The fraction of sp³-hybridized carbons (Fsp3) is 0.333. The summed E-state index contributed by atoms with van der Waals surface area (Å²) in [7, 11) is 3.26. The molecule has 1 amide bonds. The van der Waals surface area contributed by atoms with Crippen molar-refractivity contribution in [2.75, 3.05) is 27.4 Å². The summed E-state index contributed by atoms with van der Waals surface area (Å²) >= 11 is 0. The van der Waals surface area contributed by atoms with Crippen molar-refractivity contribution in [3.8, 4) is 22.9 Å². The molecule has 156 valence electrons. The van der Waals surface area contributed by atoms with Gasteiger partial charge in [0.1, 0.15) is 23.6 Å². The van der Waals surface area contributed by atoms with Crippen LogP contribution in [-0.2, 0) is 4.79 Å². The lowest BCUT2D eigenvalue weighted by Crippen LogP contribution is -2.34. The Morgan fingerprint density at radius 1 is 1.13 bits per heavy atom. The van der Waals surface area contributed by atoms with Crippen LogP contribution in [0.5, 0.6) is 17.2 Å². The summed E-state index contributed by atoms with van der Waals surface area (Å²) in [4.78, 5) is 14.8. The zero-order valence-electron chi connectivity index (χ0n) is 16.9. The van der Waals surface area contributed by atoms with Gasteiger partial charge in [-0.15, -0.1) is 5.10 Å². The van der Waals surface area contributed by atoms with Crippen LogP contribution in [0.4, 0.5) is 0 Å². The highest BCUT2D eigenvalue weighted by Crippen LogP contribution is 2.39. The van der Waals surface area contributed by atoms with E-state index in [9.17, 15) is 4.79 Å². The SMILES string of the molecule is COc1ccc(OC)c(C2CCCN2C(=O)COc2cccc(-n3cnnn3)c2)c1. The number of tetrazole rings is 1. The molecule has 1 fully saturated rings. The van der Waals surface area contributed by atoms with E-state index in [-0.39, 0.29) is 18.6 Å². The Labute approximate surface area is 174 Å². The van der Waals surface area contributed by atoms with Crippen LogP contribution in [0.2, 0.25) is 0 Å². The predicted molar refractivity (Wildman–Crippen MR) is 108 cm³/mol. The van der Waals surface area contributed by atoms with Crippen molar-refractivity contribution in [1.29, 1.82) is 0 Å². The van der Waals surface area contributed by atoms with Crippen molar-refractivity contribution in [2.24, 2.45) is 0 Å². The van der Waals surface area contributed by atoms with Gasteiger partial charge in [-0.1, -0.05) is 6.07 Å². The minimum atomic E-state index is -0.0739. The highest BCUT2D eigenvalue weighted by atomic mass is 16.5. The van der Waals surface area contributed by atoms with Gasteiger partial charge < -0.3 is 19.1 Å². The van der Waals surface area contributed by atoms with Crippen molar-refractivity contribution in [3.63, 3.8) is 0 Å². The Bertz CT molecular complexity index is 1010. The molecule has 1 aliphatic heterocycles. The van der Waals surface area contributed by atoms with E-state index in [1.165, 1.54) is 11.0 Å². The lowest BCUT2D eigenvalue weighted by Gasteiger charge is -2.26. The molecule has 9 nitrogen and oxygen atoms in total. The van der Waals surface area contributed by atoms with Crippen LogP contribution in [0.1, 0.15) is 24.4 Å². The molecule has 1 unspecified atom stereocenters. The van der Waals surface area contributed by atoms with Gasteiger partial charge in [-0.3, -0.25) is 4.79 Å². The third-order valence-electron chi connectivity index (χ3n) is 5.16. The fourth-order valence-corrected chi connectivity index (χ4v) is 3.71. The van der Waals surface area contributed by atoms with E-state index >= 15 is 0 Å². The lowest BCUT2D eigenvalue weighted by molar-refractivity contribution is -0.134. The Balaban J connectivity index is 1.47. The lowest BCUT2D eigenvalue weighted by atomic mass is 10.0. The molecule has 9 heteroatoms. The van der Waals surface area contributed by atoms with Crippen LogP contribution in [0.25, 0.3) is 5.69 Å². The van der Waals surface area contributed by atoms with E-state index in [1.54, 1.807) is 26.4 Å². The molecule has 1 aromatic heterocycles. The number of rotatable bonds is 7. The number of methoxy groups -OCH3 is 2. The number of likely N-dealkylation sites (tertiary alicyclic amines) is 1. The maximum atomic E-state index is 13.0. The molecule has 0 spiro atoms. The van der Waals surface area contributed by atoms with Gasteiger partial charge in [0.25, 0.3) is 5.91 Å². The fourth-order valence-electron chi connectivity index (χ4n) is 3.71. The predicted octanol–water partition coefficient (Wildman–Crippen LogP) is 2.42. The normalized spacial score (nSPS) is 15.8. The summed E-state index contributed by atoms with van der Waals surface area (Å²) < 4.78 is 18.2. The molecule has 1 saturated heterocycles. The van der Waals surface area contributed by atoms with Gasteiger partial charge in [-0.25, -0.2) is 4.68 Å². The number of nitrogens with zero attached hydrogens (tertiary/aromatic N) is 5. The van der Waals surface area contributed by atoms with E-state index in [4.69, 9.17) is 14.2 Å². The number of amides is 1. The number of ether oxygens (including phenoxy) is 3. The van der Waals surface area contributed by atoms with Crippen molar-refractivity contribution >= 4 is 5.91 Å². The Hall–Kier alpha value is -3.62. The standard InChI is InChI=1S/C21H23N5O4/c1-28-16-8-9-20(29-2)18(12-16)19-7-4-10-25(19)21(27)13-30-17-6-3-5-15(11-17)26-14-22-23-24-26/h3,5-6,8-9,11-12,14,19H,4,7,10,13H2,1-2H3. The van der Waals surface area contributed by atoms with E-state index in [2.05, 4.69) is 15.5 Å². The molecule has 1 aliphatic rings. The number of benzene rings is 2. The number of hydrogen-bond acceptors (Lipinski definition) is 7. The molecule has 30 heavy (non-hydrogen) atoms. The number of aromatic nitrogens is 4. The van der Waals surface area contributed by atoms with Gasteiger partial charge >= 0.3 is 0 Å². The molecule has 0 aliphatic carbocycles. The summed E-state index contributed by atoms with van der Waals surface area (Å²) in [6.07, 6.45) is 3.29.